The Kier molecular flexibility index (Phi) is 4.43. The molecule has 0 radical (unpaired) electrons. The molecule has 0 atom stereocenters. The Bertz CT molecular complexity index is 439. The first-order chi connectivity index (χ1) is 8.20. The van der Waals surface area contributed by atoms with Gasteiger partial charge in [0.25, 0.3) is 0 Å². The molecule has 0 amide bonds. The number of aromatic nitrogens is 2. The van der Waals surface area contributed by atoms with Crippen LogP contribution in [0.5, 0.6) is 0 Å². The minimum absolute atomic E-state index is 0.356. The highest BCUT2D eigenvalue weighted by Crippen LogP contribution is 2.21. The fraction of sp³-hybridized carbons (Fsp3) is 0.643. The van der Waals surface area contributed by atoms with Gasteiger partial charge in [-0.05, 0) is 39.2 Å². The van der Waals surface area contributed by atoms with Gasteiger partial charge >= 0.3 is 5.97 Å². The van der Waals surface area contributed by atoms with E-state index in [1.807, 2.05) is 13.0 Å². The van der Waals surface area contributed by atoms with Crippen LogP contribution in [0.15, 0.2) is 6.07 Å². The Morgan fingerprint density at radius 1 is 1.39 bits per heavy atom. The predicted molar refractivity (Wildman–Crippen MR) is 70.4 cm³/mol. The molecule has 0 aliphatic rings. The Morgan fingerprint density at radius 2 is 2.00 bits per heavy atom. The zero-order valence-electron chi connectivity index (χ0n) is 11.8. The van der Waals surface area contributed by atoms with Crippen molar-refractivity contribution in [1.29, 1.82) is 0 Å². The highest BCUT2D eigenvalue weighted by Gasteiger charge is 2.28. The van der Waals surface area contributed by atoms with E-state index < -0.39 is 11.4 Å². The first-order valence-corrected chi connectivity index (χ1v) is 6.27. The maximum absolute atomic E-state index is 11.1. The van der Waals surface area contributed by atoms with Crippen LogP contribution in [0.2, 0.25) is 0 Å². The molecule has 0 aliphatic heterocycles. The third-order valence-electron chi connectivity index (χ3n) is 2.75. The van der Waals surface area contributed by atoms with Crippen molar-refractivity contribution in [2.45, 2.75) is 47.5 Å². The third kappa shape index (κ3) is 4.09. The SMILES string of the molecule is Cc1cc(CC(C)C)nc(CC(C)(C)C(=O)O)n1. The van der Waals surface area contributed by atoms with E-state index in [4.69, 9.17) is 5.11 Å². The second-order valence-electron chi connectivity index (χ2n) is 5.88. The van der Waals surface area contributed by atoms with Crippen LogP contribution in [0.25, 0.3) is 0 Å². The van der Waals surface area contributed by atoms with Crippen molar-refractivity contribution in [3.63, 3.8) is 0 Å². The Balaban J connectivity index is 2.96. The highest BCUT2D eigenvalue weighted by molar-refractivity contribution is 5.73. The molecule has 18 heavy (non-hydrogen) atoms. The lowest BCUT2D eigenvalue weighted by Gasteiger charge is -2.18. The molecule has 1 aromatic rings. The number of hydrogen-bond acceptors (Lipinski definition) is 3. The molecule has 0 fully saturated rings. The Hall–Kier alpha value is -1.45. The molecular weight excluding hydrogens is 228 g/mol. The molecule has 4 heteroatoms. The molecule has 1 N–H and O–H groups in total. The second-order valence-corrected chi connectivity index (χ2v) is 5.88. The number of hydrogen-bond donors (Lipinski definition) is 1. The smallest absolute Gasteiger partial charge is 0.309 e. The minimum Gasteiger partial charge on any atom is -0.481 e. The molecular formula is C14H22N2O2. The first-order valence-electron chi connectivity index (χ1n) is 6.27. The monoisotopic (exact) mass is 250 g/mol. The van der Waals surface area contributed by atoms with Crippen molar-refractivity contribution < 1.29 is 9.90 Å². The zero-order chi connectivity index (χ0) is 13.9. The maximum Gasteiger partial charge on any atom is 0.309 e. The molecule has 1 aromatic heterocycles. The summed E-state index contributed by atoms with van der Waals surface area (Å²) in [6.07, 6.45) is 1.25. The number of aliphatic carboxylic acids is 1. The van der Waals surface area contributed by atoms with E-state index in [0.717, 1.165) is 17.8 Å². The van der Waals surface area contributed by atoms with Gasteiger partial charge in [-0.1, -0.05) is 13.8 Å². The fourth-order valence-electron chi connectivity index (χ4n) is 1.77. The molecule has 0 spiro atoms. The molecule has 0 aliphatic carbocycles. The average Bonchev–Trinajstić information content (AvgIpc) is 2.13. The van der Waals surface area contributed by atoms with E-state index in [-0.39, 0.29) is 0 Å². The summed E-state index contributed by atoms with van der Waals surface area (Å²) in [6.45, 7) is 9.59. The summed E-state index contributed by atoms with van der Waals surface area (Å²) >= 11 is 0. The largest absolute Gasteiger partial charge is 0.481 e. The normalized spacial score (nSPS) is 11.9. The van der Waals surface area contributed by atoms with Crippen LogP contribution >= 0.6 is 0 Å². The molecule has 0 aromatic carbocycles. The van der Waals surface area contributed by atoms with Crippen LogP contribution in [-0.4, -0.2) is 21.0 Å². The summed E-state index contributed by atoms with van der Waals surface area (Å²) < 4.78 is 0. The van der Waals surface area contributed by atoms with E-state index in [0.29, 0.717) is 18.2 Å². The maximum atomic E-state index is 11.1. The van der Waals surface area contributed by atoms with Crippen LogP contribution in [0.3, 0.4) is 0 Å². The standard InChI is InChI=1S/C14H22N2O2/c1-9(2)6-11-7-10(3)15-12(16-11)8-14(4,5)13(17)18/h7,9H,6,8H2,1-5H3,(H,17,18). The first kappa shape index (κ1) is 14.6. The number of carbonyl (C=O) groups is 1. The lowest BCUT2D eigenvalue weighted by molar-refractivity contribution is -0.146. The van der Waals surface area contributed by atoms with Gasteiger partial charge in [-0.15, -0.1) is 0 Å². The molecule has 4 nitrogen and oxygen atoms in total. The summed E-state index contributed by atoms with van der Waals surface area (Å²) in [5, 5.41) is 9.13. The predicted octanol–water partition coefficient (Wildman–Crippen LogP) is 2.64. The zero-order valence-corrected chi connectivity index (χ0v) is 11.8. The van der Waals surface area contributed by atoms with Gasteiger partial charge in [-0.3, -0.25) is 4.79 Å². The topological polar surface area (TPSA) is 63.1 Å². The molecule has 1 heterocycles. The van der Waals surface area contributed by atoms with Crippen molar-refractivity contribution in [3.8, 4) is 0 Å². The van der Waals surface area contributed by atoms with E-state index in [9.17, 15) is 4.79 Å². The minimum atomic E-state index is -0.830. The van der Waals surface area contributed by atoms with Gasteiger partial charge in [0, 0.05) is 17.8 Å². The molecule has 0 bridgehead atoms. The van der Waals surface area contributed by atoms with Gasteiger partial charge in [-0.2, -0.15) is 0 Å². The van der Waals surface area contributed by atoms with Gasteiger partial charge in [0.15, 0.2) is 0 Å². The van der Waals surface area contributed by atoms with Crippen LogP contribution in [0.1, 0.15) is 44.9 Å². The highest BCUT2D eigenvalue weighted by atomic mass is 16.4. The van der Waals surface area contributed by atoms with Crippen molar-refractivity contribution in [2.24, 2.45) is 11.3 Å². The van der Waals surface area contributed by atoms with Crippen LogP contribution in [0.4, 0.5) is 0 Å². The number of rotatable bonds is 5. The average molecular weight is 250 g/mol. The van der Waals surface area contributed by atoms with E-state index in [1.54, 1.807) is 13.8 Å². The molecule has 0 unspecified atom stereocenters. The van der Waals surface area contributed by atoms with Gasteiger partial charge in [0.05, 0.1) is 5.41 Å². The van der Waals surface area contributed by atoms with Gasteiger partial charge < -0.3 is 5.11 Å². The van der Waals surface area contributed by atoms with Crippen LogP contribution in [0, 0.1) is 18.3 Å². The van der Waals surface area contributed by atoms with Crippen molar-refractivity contribution >= 4 is 5.97 Å². The lowest BCUT2D eigenvalue weighted by Crippen LogP contribution is -2.27. The number of carboxylic acids is 1. The van der Waals surface area contributed by atoms with Crippen molar-refractivity contribution in [1.82, 2.24) is 9.97 Å². The third-order valence-corrected chi connectivity index (χ3v) is 2.75. The quantitative estimate of drug-likeness (QED) is 0.872. The summed E-state index contributed by atoms with van der Waals surface area (Å²) in [6, 6.07) is 1.97. The van der Waals surface area contributed by atoms with Crippen LogP contribution < -0.4 is 0 Å². The summed E-state index contributed by atoms with van der Waals surface area (Å²) in [7, 11) is 0. The molecule has 100 valence electrons. The number of carboxylic acid groups (broad SMARTS) is 1. The van der Waals surface area contributed by atoms with Crippen LogP contribution in [-0.2, 0) is 17.6 Å². The van der Waals surface area contributed by atoms with E-state index in [2.05, 4.69) is 23.8 Å². The Labute approximate surface area is 108 Å². The van der Waals surface area contributed by atoms with Gasteiger partial charge in [0.2, 0.25) is 0 Å². The van der Waals surface area contributed by atoms with Gasteiger partial charge in [0.1, 0.15) is 5.82 Å². The molecule has 0 saturated heterocycles. The Morgan fingerprint density at radius 3 is 2.50 bits per heavy atom. The summed E-state index contributed by atoms with van der Waals surface area (Å²) in [5.41, 5.74) is 1.06. The fourth-order valence-corrected chi connectivity index (χ4v) is 1.77. The number of aryl methyl sites for hydroxylation is 1. The van der Waals surface area contributed by atoms with E-state index >= 15 is 0 Å². The van der Waals surface area contributed by atoms with Crippen molar-refractivity contribution in [3.05, 3.63) is 23.3 Å². The summed E-state index contributed by atoms with van der Waals surface area (Å²) in [5.74, 6) is 0.329. The van der Waals surface area contributed by atoms with Gasteiger partial charge in [-0.25, -0.2) is 9.97 Å². The molecule has 0 saturated carbocycles. The second kappa shape index (κ2) is 5.46. The molecule has 1 rings (SSSR count). The van der Waals surface area contributed by atoms with Crippen molar-refractivity contribution in [2.75, 3.05) is 0 Å². The number of nitrogens with zero attached hydrogens (tertiary/aromatic N) is 2. The van der Waals surface area contributed by atoms with E-state index in [1.165, 1.54) is 0 Å². The summed E-state index contributed by atoms with van der Waals surface area (Å²) in [4.78, 5) is 19.9. The lowest BCUT2D eigenvalue weighted by atomic mass is 9.89.